The van der Waals surface area contributed by atoms with Gasteiger partial charge in [-0.05, 0) is 49.2 Å². The second-order valence-corrected chi connectivity index (χ2v) is 11.2. The van der Waals surface area contributed by atoms with Gasteiger partial charge in [-0.3, -0.25) is 9.69 Å². The molecule has 1 unspecified atom stereocenters. The molecule has 5 rings (SSSR count). The van der Waals surface area contributed by atoms with Gasteiger partial charge in [-0.15, -0.1) is 0 Å². The van der Waals surface area contributed by atoms with Crippen molar-refractivity contribution in [2.24, 2.45) is 5.92 Å². The Morgan fingerprint density at radius 1 is 0.783 bits per heavy atom. The third-order valence-corrected chi connectivity index (χ3v) is 8.57. The maximum atomic E-state index is 13.9. The Kier molecular flexibility index (Phi) is 10.5. The van der Waals surface area contributed by atoms with Gasteiger partial charge in [0.15, 0.2) is 29.1 Å². The van der Waals surface area contributed by atoms with Crippen molar-refractivity contribution >= 4 is 5.97 Å². The SMILES string of the molecule is COc1cc(OC)c2c(c1)O[C@H](c1cc(OC)c(OC)c(OC)c1)[C@H](OC(=O)C1CCCN(Cc3ccc(OC)c(OC)c3)C1)C2. The summed E-state index contributed by atoms with van der Waals surface area (Å²) < 4.78 is 51.8. The molecular weight excluding hydrogens is 594 g/mol. The standard InChI is InChI=1S/C35H43NO10/c1-38-24-16-27(40-3)25-18-32(33(45-28(25)17-24)23-14-30(42-5)34(44-7)31(15-23)43-6)46-35(37)22-9-8-12-36(20-22)19-21-10-11-26(39-2)29(13-21)41-4/h10-11,13-17,22,32-33H,8-9,12,18-20H2,1-7H3/t22?,32-,33-/m1/s1. The Hall–Kier alpha value is -4.51. The number of fused-ring (bicyclic) bond motifs is 1. The van der Waals surface area contributed by atoms with Crippen LogP contribution in [0.3, 0.4) is 0 Å². The minimum Gasteiger partial charge on any atom is -0.496 e. The van der Waals surface area contributed by atoms with Crippen LogP contribution in [0.15, 0.2) is 42.5 Å². The molecule has 248 valence electrons. The number of carbonyl (C=O) groups excluding carboxylic acids is 1. The Balaban J connectivity index is 1.41. The molecule has 0 radical (unpaired) electrons. The fraction of sp³-hybridized carbons (Fsp3) is 0.457. The van der Waals surface area contributed by atoms with Crippen LogP contribution in [0.1, 0.15) is 35.6 Å². The molecule has 2 aliphatic heterocycles. The van der Waals surface area contributed by atoms with Crippen LogP contribution in [0.5, 0.6) is 46.0 Å². The predicted molar refractivity (Wildman–Crippen MR) is 170 cm³/mol. The van der Waals surface area contributed by atoms with E-state index in [2.05, 4.69) is 4.90 Å². The molecule has 3 aromatic carbocycles. The number of piperidine rings is 1. The van der Waals surface area contributed by atoms with E-state index in [1.165, 1.54) is 0 Å². The molecule has 46 heavy (non-hydrogen) atoms. The highest BCUT2D eigenvalue weighted by Gasteiger charge is 2.39. The lowest BCUT2D eigenvalue weighted by atomic mass is 9.92. The van der Waals surface area contributed by atoms with E-state index in [-0.39, 0.29) is 11.9 Å². The molecule has 2 heterocycles. The van der Waals surface area contributed by atoms with Crippen molar-refractivity contribution in [2.75, 3.05) is 62.9 Å². The zero-order valence-corrected chi connectivity index (χ0v) is 27.5. The fourth-order valence-corrected chi connectivity index (χ4v) is 6.25. The lowest BCUT2D eigenvalue weighted by molar-refractivity contribution is -0.162. The van der Waals surface area contributed by atoms with Gasteiger partial charge in [0.05, 0.1) is 55.7 Å². The van der Waals surface area contributed by atoms with E-state index in [0.717, 1.165) is 30.5 Å². The average Bonchev–Trinajstić information content (AvgIpc) is 3.10. The molecule has 0 amide bonds. The van der Waals surface area contributed by atoms with Gasteiger partial charge in [-0.2, -0.15) is 0 Å². The number of nitrogens with zero attached hydrogens (tertiary/aromatic N) is 1. The normalized spacial score (nSPS) is 19.2. The largest absolute Gasteiger partial charge is 0.496 e. The Bertz CT molecular complexity index is 1500. The predicted octanol–water partition coefficient (Wildman–Crippen LogP) is 5.25. The summed E-state index contributed by atoms with van der Waals surface area (Å²) in [4.78, 5) is 16.2. The molecule has 3 atom stereocenters. The van der Waals surface area contributed by atoms with Crippen molar-refractivity contribution < 1.29 is 47.4 Å². The number of rotatable bonds is 12. The monoisotopic (exact) mass is 637 g/mol. The first-order valence-electron chi connectivity index (χ1n) is 15.2. The van der Waals surface area contributed by atoms with Crippen LogP contribution in [-0.2, 0) is 22.5 Å². The fourth-order valence-electron chi connectivity index (χ4n) is 6.25. The van der Waals surface area contributed by atoms with Gasteiger partial charge < -0.3 is 42.6 Å². The summed E-state index contributed by atoms with van der Waals surface area (Å²) in [5.74, 6) is 3.96. The van der Waals surface area contributed by atoms with Crippen molar-refractivity contribution in [2.45, 2.75) is 38.0 Å². The van der Waals surface area contributed by atoms with Gasteiger partial charge in [0.1, 0.15) is 23.4 Å². The Morgan fingerprint density at radius 2 is 1.48 bits per heavy atom. The summed E-state index contributed by atoms with van der Waals surface area (Å²) in [7, 11) is 11.1. The minimum atomic E-state index is -0.673. The number of likely N-dealkylation sites (tertiary alicyclic amines) is 1. The van der Waals surface area contributed by atoms with Crippen LogP contribution in [0.4, 0.5) is 0 Å². The first kappa shape index (κ1) is 32.9. The molecular formula is C35H43NO10. The number of hydrogen-bond donors (Lipinski definition) is 0. The van der Waals surface area contributed by atoms with Gasteiger partial charge in [-0.25, -0.2) is 0 Å². The van der Waals surface area contributed by atoms with Crippen molar-refractivity contribution in [3.8, 4) is 46.0 Å². The van der Waals surface area contributed by atoms with Crippen molar-refractivity contribution in [3.05, 3.63) is 59.2 Å². The first-order valence-corrected chi connectivity index (χ1v) is 15.2. The highest BCUT2D eigenvalue weighted by Crippen LogP contribution is 2.47. The summed E-state index contributed by atoms with van der Waals surface area (Å²) in [6.45, 7) is 2.13. The lowest BCUT2D eigenvalue weighted by Gasteiger charge is -2.37. The molecule has 3 aromatic rings. The van der Waals surface area contributed by atoms with Crippen LogP contribution in [0.2, 0.25) is 0 Å². The van der Waals surface area contributed by atoms with Gasteiger partial charge in [0.2, 0.25) is 5.75 Å². The summed E-state index contributed by atoms with van der Waals surface area (Å²) >= 11 is 0. The highest BCUT2D eigenvalue weighted by atomic mass is 16.6. The van der Waals surface area contributed by atoms with E-state index in [0.29, 0.717) is 71.1 Å². The number of benzene rings is 3. The summed E-state index contributed by atoms with van der Waals surface area (Å²) in [6.07, 6.45) is 0.652. The maximum Gasteiger partial charge on any atom is 0.310 e. The number of ether oxygens (including phenoxy) is 9. The summed E-state index contributed by atoms with van der Waals surface area (Å²) in [5, 5.41) is 0. The molecule has 11 nitrogen and oxygen atoms in total. The topological polar surface area (TPSA) is 103 Å². The molecule has 11 heteroatoms. The molecule has 0 spiro atoms. The number of carbonyl (C=O) groups is 1. The first-order chi connectivity index (χ1) is 22.3. The van der Waals surface area contributed by atoms with E-state index in [1.54, 1.807) is 55.8 Å². The van der Waals surface area contributed by atoms with Crippen molar-refractivity contribution in [1.29, 1.82) is 0 Å². The molecule has 0 N–H and O–H groups in total. The molecule has 1 fully saturated rings. The quantitative estimate of drug-likeness (QED) is 0.244. The zero-order valence-electron chi connectivity index (χ0n) is 27.5. The average molecular weight is 638 g/mol. The Labute approximate surface area is 270 Å². The molecule has 0 saturated carbocycles. The highest BCUT2D eigenvalue weighted by molar-refractivity contribution is 5.73. The van der Waals surface area contributed by atoms with Crippen LogP contribution in [-0.4, -0.2) is 79.8 Å². The van der Waals surface area contributed by atoms with E-state index in [4.69, 9.17) is 42.6 Å². The van der Waals surface area contributed by atoms with Gasteiger partial charge in [0, 0.05) is 42.8 Å². The van der Waals surface area contributed by atoms with Crippen LogP contribution < -0.4 is 37.9 Å². The number of hydrogen-bond acceptors (Lipinski definition) is 11. The summed E-state index contributed by atoms with van der Waals surface area (Å²) in [5.41, 5.74) is 2.58. The molecule has 0 aliphatic carbocycles. The third kappa shape index (κ3) is 6.84. The van der Waals surface area contributed by atoms with Crippen LogP contribution in [0.25, 0.3) is 0 Å². The van der Waals surface area contributed by atoms with Crippen LogP contribution >= 0.6 is 0 Å². The number of esters is 1. The minimum absolute atomic E-state index is 0.265. The van der Waals surface area contributed by atoms with Gasteiger partial charge in [-0.1, -0.05) is 6.07 Å². The Morgan fingerprint density at radius 3 is 2.11 bits per heavy atom. The zero-order chi connectivity index (χ0) is 32.8. The van der Waals surface area contributed by atoms with E-state index in [9.17, 15) is 4.79 Å². The van der Waals surface area contributed by atoms with Crippen molar-refractivity contribution in [1.82, 2.24) is 4.90 Å². The van der Waals surface area contributed by atoms with Gasteiger partial charge >= 0.3 is 5.97 Å². The maximum absolute atomic E-state index is 13.9. The van der Waals surface area contributed by atoms with E-state index >= 15 is 0 Å². The third-order valence-electron chi connectivity index (χ3n) is 8.57. The smallest absolute Gasteiger partial charge is 0.310 e. The molecule has 1 saturated heterocycles. The van der Waals surface area contributed by atoms with Crippen LogP contribution in [0, 0.1) is 5.92 Å². The van der Waals surface area contributed by atoms with E-state index in [1.807, 2.05) is 36.4 Å². The van der Waals surface area contributed by atoms with Gasteiger partial charge in [0.25, 0.3) is 0 Å². The second-order valence-electron chi connectivity index (χ2n) is 11.2. The summed E-state index contributed by atoms with van der Waals surface area (Å²) in [6, 6.07) is 13.1. The molecule has 0 aromatic heterocycles. The number of methoxy groups -OCH3 is 7. The molecule has 2 aliphatic rings. The van der Waals surface area contributed by atoms with Crippen molar-refractivity contribution in [3.63, 3.8) is 0 Å². The second kappa shape index (κ2) is 14.7. The molecule has 0 bridgehead atoms. The lowest BCUT2D eigenvalue weighted by Crippen LogP contribution is -2.42. The van der Waals surface area contributed by atoms with E-state index < -0.39 is 12.2 Å².